The molecule has 2 aromatic rings. The van der Waals surface area contributed by atoms with Gasteiger partial charge < -0.3 is 5.11 Å². The summed E-state index contributed by atoms with van der Waals surface area (Å²) in [6.45, 7) is 0. The minimum atomic E-state index is -0.316. The molecule has 0 aliphatic heterocycles. The molecule has 1 aromatic carbocycles. The van der Waals surface area contributed by atoms with E-state index in [0.29, 0.717) is 5.56 Å². The fraction of sp³-hybridized carbons (Fsp3) is 0. The molecule has 7 N–H and O–H groups in total. The second kappa shape index (κ2) is 4.99. The van der Waals surface area contributed by atoms with Gasteiger partial charge in [0.25, 0.3) is 5.56 Å². The molecular weight excluding hydrogens is 196 g/mol. The molecule has 80 valence electrons. The highest BCUT2D eigenvalue weighted by Crippen LogP contribution is 2.21. The van der Waals surface area contributed by atoms with Crippen LogP contribution in [0.3, 0.4) is 0 Å². The summed E-state index contributed by atoms with van der Waals surface area (Å²) < 4.78 is 0. The van der Waals surface area contributed by atoms with Crippen LogP contribution in [0, 0.1) is 0 Å². The summed E-state index contributed by atoms with van der Waals surface area (Å²) in [5.74, 6) is 7.87. The van der Waals surface area contributed by atoms with Crippen LogP contribution in [0.4, 0.5) is 0 Å². The number of rotatable bonds is 1. The van der Waals surface area contributed by atoms with Crippen LogP contribution in [0.25, 0.3) is 11.1 Å². The van der Waals surface area contributed by atoms with Gasteiger partial charge in [-0.1, -0.05) is 30.3 Å². The molecule has 0 saturated heterocycles. The number of benzene rings is 1. The number of aromatic hydroxyl groups is 1. The van der Waals surface area contributed by atoms with E-state index < -0.39 is 0 Å². The van der Waals surface area contributed by atoms with Crippen LogP contribution >= 0.6 is 0 Å². The third-order valence-electron chi connectivity index (χ3n) is 1.82. The zero-order valence-corrected chi connectivity index (χ0v) is 7.90. The normalized spacial score (nSPS) is 9.20. The zero-order chi connectivity index (χ0) is 11.3. The van der Waals surface area contributed by atoms with Crippen LogP contribution in [0.15, 0.2) is 35.1 Å². The molecule has 1 heterocycles. The molecule has 0 atom stereocenters. The average Bonchev–Trinajstić information content (AvgIpc) is 2.63. The van der Waals surface area contributed by atoms with Crippen molar-refractivity contribution in [2.75, 3.05) is 0 Å². The molecule has 2 rings (SSSR count). The Kier molecular flexibility index (Phi) is 3.67. The van der Waals surface area contributed by atoms with Crippen molar-refractivity contribution in [1.82, 2.24) is 10.2 Å². The minimum Gasteiger partial charge on any atom is -0.493 e. The number of hydrogen-bond donors (Lipinski definition) is 5. The molecule has 1 aromatic heterocycles. The summed E-state index contributed by atoms with van der Waals surface area (Å²) >= 11 is 0. The smallest absolute Gasteiger partial charge is 0.275 e. The molecule has 0 radical (unpaired) electrons. The van der Waals surface area contributed by atoms with Crippen molar-refractivity contribution in [2.24, 2.45) is 11.7 Å². The maximum Gasteiger partial charge on any atom is 0.275 e. The Morgan fingerprint density at radius 1 is 1.07 bits per heavy atom. The quantitative estimate of drug-likeness (QED) is 0.331. The Morgan fingerprint density at radius 3 is 2.13 bits per heavy atom. The van der Waals surface area contributed by atoms with Gasteiger partial charge in [0, 0.05) is 0 Å². The highest BCUT2D eigenvalue weighted by Gasteiger charge is 2.09. The molecule has 0 saturated carbocycles. The fourth-order valence-corrected chi connectivity index (χ4v) is 1.22. The average molecular weight is 208 g/mol. The SMILES string of the molecule is NN.O=c1[nH][nH]c(O)c1-c1ccccc1. The van der Waals surface area contributed by atoms with E-state index >= 15 is 0 Å². The Labute approximate surface area is 85.5 Å². The summed E-state index contributed by atoms with van der Waals surface area (Å²) in [5.41, 5.74) is 0.659. The molecule has 0 aliphatic rings. The highest BCUT2D eigenvalue weighted by molar-refractivity contribution is 5.66. The van der Waals surface area contributed by atoms with Gasteiger partial charge in [-0.25, -0.2) is 0 Å². The van der Waals surface area contributed by atoms with E-state index in [4.69, 9.17) is 0 Å². The second-order valence-corrected chi connectivity index (χ2v) is 2.67. The van der Waals surface area contributed by atoms with Crippen LogP contribution in [-0.4, -0.2) is 15.3 Å². The minimum absolute atomic E-state index is 0.129. The fourth-order valence-electron chi connectivity index (χ4n) is 1.22. The summed E-state index contributed by atoms with van der Waals surface area (Å²) in [6.07, 6.45) is 0. The topological polar surface area (TPSA) is 121 Å². The molecule has 0 spiro atoms. The van der Waals surface area contributed by atoms with Gasteiger partial charge in [0.05, 0.1) is 0 Å². The van der Waals surface area contributed by atoms with Crippen molar-refractivity contribution < 1.29 is 5.11 Å². The number of nitrogens with two attached hydrogens (primary N) is 2. The lowest BCUT2D eigenvalue weighted by atomic mass is 10.1. The van der Waals surface area contributed by atoms with Crippen molar-refractivity contribution >= 4 is 0 Å². The summed E-state index contributed by atoms with van der Waals surface area (Å²) in [6, 6.07) is 8.99. The van der Waals surface area contributed by atoms with E-state index in [0.717, 1.165) is 0 Å². The zero-order valence-electron chi connectivity index (χ0n) is 7.90. The Bertz CT molecular complexity index is 460. The molecule has 6 nitrogen and oxygen atoms in total. The van der Waals surface area contributed by atoms with Crippen molar-refractivity contribution in [3.63, 3.8) is 0 Å². The largest absolute Gasteiger partial charge is 0.493 e. The van der Waals surface area contributed by atoms with Crippen LogP contribution < -0.4 is 17.2 Å². The molecule has 0 bridgehead atoms. The molecule has 0 amide bonds. The van der Waals surface area contributed by atoms with Gasteiger partial charge in [0.2, 0.25) is 5.88 Å². The van der Waals surface area contributed by atoms with E-state index in [1.807, 2.05) is 6.07 Å². The van der Waals surface area contributed by atoms with Crippen molar-refractivity contribution in [1.29, 1.82) is 0 Å². The Balaban J connectivity index is 0.000000531. The number of hydrazine groups is 1. The maximum absolute atomic E-state index is 11.2. The van der Waals surface area contributed by atoms with E-state index in [9.17, 15) is 9.90 Å². The molecule has 0 unspecified atom stereocenters. The van der Waals surface area contributed by atoms with Gasteiger partial charge in [-0.2, -0.15) is 0 Å². The van der Waals surface area contributed by atoms with E-state index in [1.54, 1.807) is 24.3 Å². The van der Waals surface area contributed by atoms with E-state index in [2.05, 4.69) is 21.9 Å². The molecule has 0 aliphatic carbocycles. The molecule has 0 fully saturated rings. The van der Waals surface area contributed by atoms with Crippen LogP contribution in [0.5, 0.6) is 5.88 Å². The first kappa shape index (κ1) is 11.0. The van der Waals surface area contributed by atoms with Gasteiger partial charge in [0.15, 0.2) is 0 Å². The molecular formula is C9H12N4O2. The lowest BCUT2D eigenvalue weighted by molar-refractivity contribution is 0.454. The number of H-pyrrole nitrogens is 2. The first-order valence-electron chi connectivity index (χ1n) is 4.17. The highest BCUT2D eigenvalue weighted by atomic mass is 16.3. The first-order valence-corrected chi connectivity index (χ1v) is 4.17. The lowest BCUT2D eigenvalue weighted by Gasteiger charge is -1.94. The Morgan fingerprint density at radius 2 is 1.67 bits per heavy atom. The number of aromatic amines is 2. The van der Waals surface area contributed by atoms with Gasteiger partial charge in [-0.05, 0) is 5.56 Å². The van der Waals surface area contributed by atoms with Crippen molar-refractivity contribution in [2.45, 2.75) is 0 Å². The second-order valence-electron chi connectivity index (χ2n) is 2.67. The number of aromatic nitrogens is 2. The Hall–Kier alpha value is -2.05. The van der Waals surface area contributed by atoms with E-state index in [1.165, 1.54) is 0 Å². The lowest BCUT2D eigenvalue weighted by Crippen LogP contribution is -2.02. The van der Waals surface area contributed by atoms with Crippen LogP contribution in [0.1, 0.15) is 0 Å². The third-order valence-corrected chi connectivity index (χ3v) is 1.82. The van der Waals surface area contributed by atoms with Crippen LogP contribution in [-0.2, 0) is 0 Å². The van der Waals surface area contributed by atoms with Crippen LogP contribution in [0.2, 0.25) is 0 Å². The van der Waals surface area contributed by atoms with Gasteiger partial charge in [-0.15, -0.1) is 0 Å². The number of nitrogens with one attached hydrogen (secondary N) is 2. The van der Waals surface area contributed by atoms with E-state index in [-0.39, 0.29) is 17.0 Å². The van der Waals surface area contributed by atoms with Gasteiger partial charge >= 0.3 is 0 Å². The summed E-state index contributed by atoms with van der Waals surface area (Å²) in [4.78, 5) is 11.2. The standard InChI is InChI=1S/C9H8N2O2.H4N2/c12-8-7(9(13)11-10-8)6-4-2-1-3-5-6;1-2/h1-5H,(H3,10,11,12,13);1-2H2. The summed E-state index contributed by atoms with van der Waals surface area (Å²) in [7, 11) is 0. The van der Waals surface area contributed by atoms with Crippen molar-refractivity contribution in [3.8, 4) is 17.0 Å². The third kappa shape index (κ3) is 2.25. The maximum atomic E-state index is 11.2. The first-order chi connectivity index (χ1) is 7.29. The summed E-state index contributed by atoms with van der Waals surface area (Å²) in [5, 5.41) is 14.0. The predicted molar refractivity (Wildman–Crippen MR) is 56.9 cm³/mol. The van der Waals surface area contributed by atoms with Gasteiger partial charge in [0.1, 0.15) is 5.56 Å². The van der Waals surface area contributed by atoms with Gasteiger partial charge in [-0.3, -0.25) is 26.7 Å². The monoisotopic (exact) mass is 208 g/mol. The number of hydrogen-bond acceptors (Lipinski definition) is 4. The van der Waals surface area contributed by atoms with Crippen molar-refractivity contribution in [3.05, 3.63) is 40.7 Å². The molecule has 6 heteroatoms. The predicted octanol–water partition coefficient (Wildman–Crippen LogP) is -0.106. The molecule has 15 heavy (non-hydrogen) atoms.